The Hall–Kier alpha value is -2.81. The summed E-state index contributed by atoms with van der Waals surface area (Å²) in [5.74, 6) is 0.737. The van der Waals surface area contributed by atoms with Crippen LogP contribution in [0.1, 0.15) is 99.5 Å². The van der Waals surface area contributed by atoms with Gasteiger partial charge in [0, 0.05) is 29.1 Å². The van der Waals surface area contributed by atoms with E-state index in [1.54, 1.807) is 18.2 Å². The number of allylic oxidation sites excluding steroid dienone is 2. The van der Waals surface area contributed by atoms with E-state index in [9.17, 15) is 18.3 Å². The Morgan fingerprint density at radius 2 is 2.02 bits per heavy atom. The number of rotatable bonds is 14. The summed E-state index contributed by atoms with van der Waals surface area (Å²) in [6.45, 7) is 9.75. The van der Waals surface area contributed by atoms with E-state index in [1.807, 2.05) is 25.1 Å². The zero-order valence-electron chi connectivity index (χ0n) is 29.1. The third-order valence-electron chi connectivity index (χ3n) is 11.5. The number of hydrogen-bond acceptors (Lipinski definition) is 6. The quantitative estimate of drug-likeness (QED) is 0.193. The van der Waals surface area contributed by atoms with E-state index in [0.29, 0.717) is 44.2 Å². The van der Waals surface area contributed by atoms with Crippen LogP contribution in [0.25, 0.3) is 0 Å². The maximum atomic E-state index is 13.7. The molecule has 3 aliphatic carbocycles. The number of amides is 1. The van der Waals surface area contributed by atoms with Crippen LogP contribution >= 0.6 is 11.6 Å². The number of anilines is 1. The summed E-state index contributed by atoms with van der Waals surface area (Å²) < 4.78 is 36.5. The molecule has 0 saturated heterocycles. The smallest absolute Gasteiger partial charge is 0.264 e. The van der Waals surface area contributed by atoms with E-state index in [-0.39, 0.29) is 28.7 Å². The molecule has 0 radical (unpaired) electrons. The number of fused-ring (bicyclic) bond motifs is 3. The van der Waals surface area contributed by atoms with Gasteiger partial charge in [0.15, 0.2) is 0 Å². The highest BCUT2D eigenvalue weighted by atomic mass is 35.5. The van der Waals surface area contributed by atoms with E-state index >= 15 is 0 Å². The van der Waals surface area contributed by atoms with Gasteiger partial charge < -0.3 is 14.7 Å². The lowest BCUT2D eigenvalue weighted by molar-refractivity contribution is 0.0456. The molecule has 4 aliphatic rings. The first-order valence-corrected chi connectivity index (χ1v) is 20.3. The highest BCUT2D eigenvalue weighted by molar-refractivity contribution is 7.90. The van der Waals surface area contributed by atoms with Crippen molar-refractivity contribution >= 4 is 33.2 Å². The van der Waals surface area contributed by atoms with Gasteiger partial charge in [-0.15, -0.1) is 6.58 Å². The molecule has 6 rings (SSSR count). The van der Waals surface area contributed by atoms with Crippen LogP contribution in [0.3, 0.4) is 0 Å². The van der Waals surface area contributed by atoms with Gasteiger partial charge in [0.1, 0.15) is 5.75 Å². The van der Waals surface area contributed by atoms with Gasteiger partial charge >= 0.3 is 0 Å². The van der Waals surface area contributed by atoms with Crippen LogP contribution in [0.4, 0.5) is 5.69 Å². The second kappa shape index (κ2) is 15.2. The normalized spacial score (nSPS) is 25.3. The molecule has 2 fully saturated rings. The summed E-state index contributed by atoms with van der Waals surface area (Å²) in [5.41, 5.74) is 3.31. The number of carbonyl (C=O) groups excluding carboxylic acids is 1. The van der Waals surface area contributed by atoms with Gasteiger partial charge in [-0.05, 0) is 116 Å². The molecule has 7 nitrogen and oxygen atoms in total. The predicted molar refractivity (Wildman–Crippen MR) is 198 cm³/mol. The van der Waals surface area contributed by atoms with E-state index in [2.05, 4.69) is 41.3 Å². The minimum absolute atomic E-state index is 0.147. The molecular weight excluding hydrogens is 656 g/mol. The third kappa shape index (κ3) is 8.07. The molecule has 0 unspecified atom stereocenters. The Kier molecular flexibility index (Phi) is 11.2. The Balaban J connectivity index is 1.30. The van der Waals surface area contributed by atoms with Gasteiger partial charge in [0.05, 0.1) is 23.6 Å². The molecule has 2 aromatic rings. The summed E-state index contributed by atoms with van der Waals surface area (Å²) in [6.07, 6.45) is 15.4. The first kappa shape index (κ1) is 36.0. The van der Waals surface area contributed by atoms with Gasteiger partial charge in [-0.2, -0.15) is 0 Å². The average Bonchev–Trinajstić information content (AvgIpc) is 3.89. The van der Waals surface area contributed by atoms with Crippen molar-refractivity contribution < 1.29 is 23.1 Å². The zero-order valence-corrected chi connectivity index (χ0v) is 30.7. The lowest BCUT2D eigenvalue weighted by atomic mass is 9.68. The standard InChI is InChI=1S/C40H53ClN2O5S/c1-4-6-7-11-36(44)33-17-14-31(33)24-43-25-40(20-8-10-29-22-32(41)16-18-34(29)40)26-48-37-19-15-30(23-35(37)43)39(45)42-49(46,47)38(21-28-12-13-28)27(3)9-5-2/h5,7,11,15-16,18-19,22-23,27-28,31,33,36,38,44H,2,4,6,8-10,12-14,17,20-21,24-26H2,1,3H3,(H,42,45)/t27-,31+,33-,36+,38-,40-/m1/s1. The minimum atomic E-state index is -3.93. The van der Waals surface area contributed by atoms with E-state index in [0.717, 1.165) is 68.5 Å². The number of aryl methyl sites for hydroxylation is 1. The SMILES string of the molecule is C=CC[C@@H](C)[C@@H](CC1CC1)S(=O)(=O)NC(=O)c1ccc2c(c1)N(C[C@@H]1CC[C@H]1[C@@H](O)C=CCCC)C[C@]1(CCCc3cc(Cl)ccc31)CO2. The second-order valence-electron chi connectivity index (χ2n) is 15.2. The summed E-state index contributed by atoms with van der Waals surface area (Å²) in [4.78, 5) is 16.1. The molecule has 0 aromatic heterocycles. The fraction of sp³-hybridized carbons (Fsp3) is 0.575. The molecule has 1 amide bonds. The van der Waals surface area contributed by atoms with Gasteiger partial charge in [-0.1, -0.05) is 69.0 Å². The van der Waals surface area contributed by atoms with Gasteiger partial charge in [-0.3, -0.25) is 4.79 Å². The molecule has 1 heterocycles. The van der Waals surface area contributed by atoms with Crippen molar-refractivity contribution in [3.05, 3.63) is 82.9 Å². The number of aliphatic hydroxyl groups excluding tert-OH is 1. The Morgan fingerprint density at radius 1 is 1.20 bits per heavy atom. The minimum Gasteiger partial charge on any atom is -0.490 e. The fourth-order valence-corrected chi connectivity index (χ4v) is 10.4. The topological polar surface area (TPSA) is 95.9 Å². The zero-order chi connectivity index (χ0) is 34.8. The predicted octanol–water partition coefficient (Wildman–Crippen LogP) is 8.00. The van der Waals surface area contributed by atoms with Gasteiger partial charge in [-0.25, -0.2) is 13.1 Å². The van der Waals surface area contributed by atoms with E-state index in [4.69, 9.17) is 16.3 Å². The summed E-state index contributed by atoms with van der Waals surface area (Å²) in [7, 11) is -3.93. The molecule has 1 spiro atoms. The summed E-state index contributed by atoms with van der Waals surface area (Å²) in [6, 6.07) is 11.5. The number of nitrogens with zero attached hydrogens (tertiary/aromatic N) is 1. The number of nitrogens with one attached hydrogen (secondary N) is 1. The summed E-state index contributed by atoms with van der Waals surface area (Å²) >= 11 is 6.44. The molecule has 2 aromatic carbocycles. The Morgan fingerprint density at radius 3 is 2.73 bits per heavy atom. The maximum Gasteiger partial charge on any atom is 0.264 e. The van der Waals surface area contributed by atoms with Crippen LogP contribution in [-0.4, -0.2) is 50.5 Å². The van der Waals surface area contributed by atoms with Gasteiger partial charge in [0.25, 0.3) is 5.91 Å². The van der Waals surface area contributed by atoms with Crippen molar-refractivity contribution in [3.63, 3.8) is 0 Å². The number of halogens is 1. The second-order valence-corrected chi connectivity index (χ2v) is 17.5. The molecule has 2 saturated carbocycles. The highest BCUT2D eigenvalue weighted by Crippen LogP contribution is 2.47. The summed E-state index contributed by atoms with van der Waals surface area (Å²) in [5, 5.41) is 11.2. The van der Waals surface area contributed by atoms with Crippen molar-refractivity contribution in [1.29, 1.82) is 0 Å². The molecule has 9 heteroatoms. The van der Waals surface area contributed by atoms with Crippen molar-refractivity contribution in [2.24, 2.45) is 23.7 Å². The largest absolute Gasteiger partial charge is 0.490 e. The lowest BCUT2D eigenvalue weighted by Gasteiger charge is -2.45. The number of carbonyl (C=O) groups is 1. The highest BCUT2D eigenvalue weighted by Gasteiger charge is 2.44. The lowest BCUT2D eigenvalue weighted by Crippen LogP contribution is -2.49. The van der Waals surface area contributed by atoms with E-state index < -0.39 is 27.3 Å². The van der Waals surface area contributed by atoms with Crippen molar-refractivity contribution in [1.82, 2.24) is 4.72 Å². The molecule has 266 valence electrons. The molecule has 49 heavy (non-hydrogen) atoms. The number of sulfonamides is 1. The van der Waals surface area contributed by atoms with Crippen LogP contribution in [0.15, 0.2) is 61.2 Å². The van der Waals surface area contributed by atoms with Crippen LogP contribution < -0.4 is 14.4 Å². The first-order chi connectivity index (χ1) is 23.5. The van der Waals surface area contributed by atoms with Crippen molar-refractivity contribution in [2.45, 2.75) is 101 Å². The van der Waals surface area contributed by atoms with Crippen LogP contribution in [0, 0.1) is 23.7 Å². The van der Waals surface area contributed by atoms with E-state index in [1.165, 1.54) is 11.1 Å². The number of benzene rings is 2. The van der Waals surface area contributed by atoms with Crippen LogP contribution in [-0.2, 0) is 21.9 Å². The number of aliphatic hydroxyl groups is 1. The van der Waals surface area contributed by atoms with Crippen LogP contribution in [0.2, 0.25) is 5.02 Å². The van der Waals surface area contributed by atoms with Gasteiger partial charge in [0.2, 0.25) is 10.0 Å². The number of hydrogen-bond donors (Lipinski definition) is 2. The third-order valence-corrected chi connectivity index (χ3v) is 13.7. The molecular formula is C40H53ClN2O5S. The fourth-order valence-electron chi connectivity index (χ4n) is 8.38. The maximum absolute atomic E-state index is 13.7. The van der Waals surface area contributed by atoms with Crippen molar-refractivity contribution in [3.8, 4) is 5.75 Å². The number of unbranched alkanes of at least 4 members (excludes halogenated alkanes) is 1. The molecule has 6 atom stereocenters. The molecule has 0 bridgehead atoms. The Labute approximate surface area is 298 Å². The molecule has 1 aliphatic heterocycles. The number of ether oxygens (including phenoxy) is 1. The monoisotopic (exact) mass is 708 g/mol. The van der Waals surface area contributed by atoms with Crippen LogP contribution in [0.5, 0.6) is 5.75 Å². The Bertz CT molecular complexity index is 1660. The first-order valence-electron chi connectivity index (χ1n) is 18.4. The van der Waals surface area contributed by atoms with Crippen molar-refractivity contribution in [2.75, 3.05) is 24.6 Å². The average molecular weight is 709 g/mol. The molecule has 2 N–H and O–H groups in total.